The smallest absolute Gasteiger partial charge is 0.311 e. The third-order valence-electron chi connectivity index (χ3n) is 3.69. The molecular formula is C18H15Cl2NO3. The second-order valence-electron chi connectivity index (χ2n) is 5.43. The van der Waals surface area contributed by atoms with Crippen molar-refractivity contribution >= 4 is 40.6 Å². The molecule has 1 aliphatic heterocycles. The summed E-state index contributed by atoms with van der Waals surface area (Å²) >= 11 is 12.1. The molecule has 0 aliphatic carbocycles. The van der Waals surface area contributed by atoms with Crippen molar-refractivity contribution in [2.75, 3.05) is 7.11 Å². The predicted molar refractivity (Wildman–Crippen MR) is 94.7 cm³/mol. The lowest BCUT2D eigenvalue weighted by atomic mass is 10.1. The molecule has 0 amide bonds. The highest BCUT2D eigenvalue weighted by atomic mass is 35.5. The Bertz CT molecular complexity index is 801. The normalized spacial score (nSPS) is 12.5. The number of esters is 1. The van der Waals surface area contributed by atoms with Crippen molar-refractivity contribution in [2.45, 2.75) is 19.4 Å². The first kappa shape index (κ1) is 16.8. The summed E-state index contributed by atoms with van der Waals surface area (Å²) in [5, 5.41) is 1.18. The average molecular weight is 364 g/mol. The fourth-order valence-corrected chi connectivity index (χ4v) is 2.79. The molecular weight excluding hydrogens is 349 g/mol. The van der Waals surface area contributed by atoms with Crippen LogP contribution in [0.2, 0.25) is 10.0 Å². The first-order valence-electron chi connectivity index (χ1n) is 7.38. The fraction of sp³-hybridized carbons (Fsp3) is 0.222. The van der Waals surface area contributed by atoms with E-state index in [0.29, 0.717) is 28.8 Å². The summed E-state index contributed by atoms with van der Waals surface area (Å²) in [6, 6.07) is 11.1. The summed E-state index contributed by atoms with van der Waals surface area (Å²) in [5.74, 6) is 0.298. The van der Waals surface area contributed by atoms with Gasteiger partial charge in [-0.2, -0.15) is 0 Å². The maximum absolute atomic E-state index is 11.4. The number of nitrogens with zero attached hydrogens (tertiary/aromatic N) is 1. The minimum atomic E-state index is -0.299. The molecule has 0 radical (unpaired) electrons. The Balaban J connectivity index is 1.70. The van der Waals surface area contributed by atoms with Crippen molar-refractivity contribution in [2.24, 2.45) is 4.99 Å². The topological polar surface area (TPSA) is 47.9 Å². The van der Waals surface area contributed by atoms with E-state index in [2.05, 4.69) is 9.73 Å². The maximum Gasteiger partial charge on any atom is 0.311 e. The Labute approximate surface area is 150 Å². The van der Waals surface area contributed by atoms with Gasteiger partial charge in [0.2, 0.25) is 0 Å². The van der Waals surface area contributed by atoms with Crippen LogP contribution in [0.4, 0.5) is 5.69 Å². The highest BCUT2D eigenvalue weighted by Crippen LogP contribution is 2.37. The molecule has 0 N–H and O–H groups in total. The number of carbonyl (C=O) groups is 1. The zero-order valence-electron chi connectivity index (χ0n) is 13.0. The largest absolute Gasteiger partial charge is 0.487 e. The maximum atomic E-state index is 11.4. The number of benzene rings is 2. The summed E-state index contributed by atoms with van der Waals surface area (Å²) in [6.45, 7) is 0.394. The number of aliphatic imine (C=N–C) groups is 1. The Kier molecular flexibility index (Phi) is 5.07. The molecule has 4 nitrogen and oxygen atoms in total. The number of methoxy groups -OCH3 is 1. The van der Waals surface area contributed by atoms with Crippen LogP contribution < -0.4 is 4.74 Å². The van der Waals surface area contributed by atoms with Crippen molar-refractivity contribution in [3.05, 3.63) is 57.6 Å². The summed E-state index contributed by atoms with van der Waals surface area (Å²) in [6.07, 6.45) is 0.780. The number of fused-ring (bicyclic) bond motifs is 1. The zero-order chi connectivity index (χ0) is 17.1. The van der Waals surface area contributed by atoms with Crippen molar-refractivity contribution in [1.82, 2.24) is 0 Å². The highest BCUT2D eigenvalue weighted by molar-refractivity contribution is 6.32. The van der Waals surface area contributed by atoms with Crippen molar-refractivity contribution in [1.29, 1.82) is 0 Å². The Morgan fingerprint density at radius 2 is 1.96 bits per heavy atom. The average Bonchev–Trinajstić information content (AvgIpc) is 2.94. The molecule has 0 aromatic heterocycles. The Morgan fingerprint density at radius 1 is 1.21 bits per heavy atom. The number of hydrogen-bond acceptors (Lipinski definition) is 4. The number of ether oxygens (including phenoxy) is 2. The third kappa shape index (κ3) is 3.89. The fourth-order valence-electron chi connectivity index (χ4n) is 2.45. The first-order valence-corrected chi connectivity index (χ1v) is 8.13. The lowest BCUT2D eigenvalue weighted by Gasteiger charge is -2.10. The second-order valence-corrected chi connectivity index (χ2v) is 6.28. The molecule has 0 saturated heterocycles. The minimum Gasteiger partial charge on any atom is -0.487 e. The third-order valence-corrected chi connectivity index (χ3v) is 4.24. The van der Waals surface area contributed by atoms with Crippen molar-refractivity contribution in [3.8, 4) is 5.75 Å². The molecule has 24 heavy (non-hydrogen) atoms. The molecule has 2 aromatic carbocycles. The number of halogens is 2. The van der Waals surface area contributed by atoms with E-state index in [1.54, 1.807) is 6.07 Å². The monoisotopic (exact) mass is 363 g/mol. The lowest BCUT2D eigenvalue weighted by molar-refractivity contribution is -0.139. The summed E-state index contributed by atoms with van der Waals surface area (Å²) in [7, 11) is 1.37. The van der Waals surface area contributed by atoms with Gasteiger partial charge in [-0.25, -0.2) is 0 Å². The molecule has 0 unspecified atom stereocenters. The van der Waals surface area contributed by atoms with E-state index in [9.17, 15) is 4.79 Å². The van der Waals surface area contributed by atoms with Crippen LogP contribution in [0.3, 0.4) is 0 Å². The van der Waals surface area contributed by atoms with Crippen LogP contribution in [0.1, 0.15) is 17.5 Å². The van der Waals surface area contributed by atoms with Gasteiger partial charge < -0.3 is 9.47 Å². The van der Waals surface area contributed by atoms with Crippen molar-refractivity contribution < 1.29 is 14.3 Å². The standard InChI is InChI=1S/C18H15Cl2NO3/c1-23-18(22)8-14-6-12-7-17(15(20)9-16(12)21-14)24-10-11-2-4-13(19)5-3-11/h2-5,7,9H,6,8,10H2,1H3. The summed E-state index contributed by atoms with van der Waals surface area (Å²) < 4.78 is 10.5. The molecule has 124 valence electrons. The quantitative estimate of drug-likeness (QED) is 0.719. The molecule has 0 bridgehead atoms. The van der Waals surface area contributed by atoms with E-state index in [-0.39, 0.29) is 12.4 Å². The van der Waals surface area contributed by atoms with E-state index in [1.807, 2.05) is 30.3 Å². The molecule has 0 saturated carbocycles. The minimum absolute atomic E-state index is 0.184. The molecule has 2 aromatic rings. The van der Waals surface area contributed by atoms with Gasteiger partial charge in [0, 0.05) is 17.2 Å². The molecule has 0 spiro atoms. The number of carbonyl (C=O) groups excluding carboxylic acids is 1. The van der Waals surface area contributed by atoms with Crippen LogP contribution in [0, 0.1) is 0 Å². The van der Waals surface area contributed by atoms with E-state index < -0.39 is 0 Å². The van der Waals surface area contributed by atoms with Crippen LogP contribution >= 0.6 is 23.2 Å². The predicted octanol–water partition coefficient (Wildman–Crippen LogP) is 4.76. The van der Waals surface area contributed by atoms with Crippen LogP contribution in [0.5, 0.6) is 5.75 Å². The molecule has 0 fully saturated rings. The summed E-state index contributed by atoms with van der Waals surface area (Å²) in [4.78, 5) is 15.8. The Morgan fingerprint density at radius 3 is 2.67 bits per heavy atom. The molecule has 6 heteroatoms. The molecule has 0 atom stereocenters. The van der Waals surface area contributed by atoms with Crippen LogP contribution in [0.15, 0.2) is 41.4 Å². The van der Waals surface area contributed by atoms with Gasteiger partial charge in [0.1, 0.15) is 12.4 Å². The lowest BCUT2D eigenvalue weighted by Crippen LogP contribution is -2.09. The first-order chi connectivity index (χ1) is 11.5. The van der Waals surface area contributed by atoms with Gasteiger partial charge in [0.15, 0.2) is 0 Å². The van der Waals surface area contributed by atoms with Gasteiger partial charge in [0.05, 0.1) is 24.2 Å². The summed E-state index contributed by atoms with van der Waals surface area (Å²) in [5.41, 5.74) is 3.53. The number of hydrogen-bond donors (Lipinski definition) is 0. The number of rotatable bonds is 5. The van der Waals surface area contributed by atoms with Crippen LogP contribution in [-0.4, -0.2) is 18.8 Å². The SMILES string of the molecule is COC(=O)CC1=Nc2cc(Cl)c(OCc3ccc(Cl)cc3)cc2C1. The highest BCUT2D eigenvalue weighted by Gasteiger charge is 2.20. The van der Waals surface area contributed by atoms with E-state index in [4.69, 9.17) is 27.9 Å². The van der Waals surface area contributed by atoms with Gasteiger partial charge in [-0.05, 0) is 35.4 Å². The second kappa shape index (κ2) is 7.24. The van der Waals surface area contributed by atoms with Gasteiger partial charge in [0.25, 0.3) is 0 Å². The van der Waals surface area contributed by atoms with Gasteiger partial charge in [-0.1, -0.05) is 35.3 Å². The van der Waals surface area contributed by atoms with E-state index in [1.165, 1.54) is 7.11 Å². The zero-order valence-corrected chi connectivity index (χ0v) is 14.5. The van der Waals surface area contributed by atoms with Gasteiger partial charge in [-0.3, -0.25) is 9.79 Å². The van der Waals surface area contributed by atoms with Crippen LogP contribution in [-0.2, 0) is 22.6 Å². The van der Waals surface area contributed by atoms with Gasteiger partial charge in [-0.15, -0.1) is 0 Å². The van der Waals surface area contributed by atoms with Crippen LogP contribution in [0.25, 0.3) is 0 Å². The van der Waals surface area contributed by atoms with Crippen molar-refractivity contribution in [3.63, 3.8) is 0 Å². The van der Waals surface area contributed by atoms with E-state index >= 15 is 0 Å². The van der Waals surface area contributed by atoms with E-state index in [0.717, 1.165) is 22.5 Å². The van der Waals surface area contributed by atoms with Gasteiger partial charge >= 0.3 is 5.97 Å². The molecule has 1 heterocycles. The Hall–Kier alpha value is -2.04. The molecule has 1 aliphatic rings. The molecule has 3 rings (SSSR count).